The number of aromatic nitrogens is 1. The molecule has 5 rings (SSSR count). The van der Waals surface area contributed by atoms with Crippen LogP contribution in [0.1, 0.15) is 43.1 Å². The van der Waals surface area contributed by atoms with Gasteiger partial charge in [-0.2, -0.15) is 0 Å². The third-order valence-electron chi connectivity index (χ3n) is 6.79. The number of oxazole rings is 1. The fraction of sp³-hybridized carbons (Fsp3) is 0.267. The van der Waals surface area contributed by atoms with Crippen LogP contribution >= 0.6 is 0 Å². The molecule has 0 spiro atoms. The number of carboxylic acid groups (broad SMARTS) is 1. The van der Waals surface area contributed by atoms with Crippen molar-refractivity contribution in [2.75, 3.05) is 6.61 Å². The number of aliphatic carboxylic acids is 1. The van der Waals surface area contributed by atoms with Crippen LogP contribution in [0.5, 0.6) is 5.75 Å². The molecule has 1 aliphatic rings. The van der Waals surface area contributed by atoms with Crippen molar-refractivity contribution < 1.29 is 53.7 Å². The van der Waals surface area contributed by atoms with E-state index >= 15 is 0 Å². The molecule has 0 radical (unpaired) electrons. The van der Waals surface area contributed by atoms with Crippen molar-refractivity contribution in [1.82, 2.24) is 4.98 Å². The van der Waals surface area contributed by atoms with Gasteiger partial charge in [-0.3, -0.25) is 0 Å². The summed E-state index contributed by atoms with van der Waals surface area (Å²) in [5.74, 6) is 0.112. The Morgan fingerprint density at radius 3 is 2.41 bits per heavy atom. The maximum Gasteiger partial charge on any atom is 1.00 e. The quantitative estimate of drug-likeness (QED) is 0.367. The molecule has 1 heterocycles. The average Bonchev–Trinajstić information content (AvgIpc) is 3.34. The predicted octanol–water partition coefficient (Wildman–Crippen LogP) is 1.77. The molecule has 6 nitrogen and oxygen atoms in total. The van der Waals surface area contributed by atoms with Crippen LogP contribution in [0.15, 0.2) is 89.3 Å². The smallest absolute Gasteiger partial charge is 0.546 e. The Morgan fingerprint density at radius 1 is 1.00 bits per heavy atom. The van der Waals surface area contributed by atoms with Gasteiger partial charge in [0.15, 0.2) is 5.76 Å². The van der Waals surface area contributed by atoms with Crippen LogP contribution in [0.4, 0.5) is 0 Å². The Labute approximate surface area is 238 Å². The zero-order valence-corrected chi connectivity index (χ0v) is 22.9. The summed E-state index contributed by atoms with van der Waals surface area (Å²) in [5, 5.41) is 22.7. The number of nitrogens with zero attached hydrogens (tertiary/aromatic N) is 1. The summed E-state index contributed by atoms with van der Waals surface area (Å²) < 4.78 is 11.7. The van der Waals surface area contributed by atoms with Gasteiger partial charge in [-0.25, -0.2) is 4.98 Å². The summed E-state index contributed by atoms with van der Waals surface area (Å²) >= 11 is 0. The van der Waals surface area contributed by atoms with Gasteiger partial charge >= 0.3 is 29.6 Å². The van der Waals surface area contributed by atoms with Crippen LogP contribution in [0.2, 0.25) is 0 Å². The topological polar surface area (TPSA) is 95.6 Å². The van der Waals surface area contributed by atoms with Gasteiger partial charge in [0.1, 0.15) is 18.1 Å². The molecule has 0 unspecified atom stereocenters. The Morgan fingerprint density at radius 2 is 1.70 bits per heavy atom. The van der Waals surface area contributed by atoms with Crippen molar-refractivity contribution in [2.45, 2.75) is 43.6 Å². The first kappa shape index (κ1) is 27.1. The molecule has 7 heteroatoms. The summed E-state index contributed by atoms with van der Waals surface area (Å²) in [7, 11) is 0. The number of hydrogen-bond donors (Lipinski definition) is 1. The van der Waals surface area contributed by atoms with Gasteiger partial charge in [-0.1, -0.05) is 85.6 Å². The number of hydrogen-bond acceptors (Lipinski definition) is 6. The van der Waals surface area contributed by atoms with Gasteiger partial charge in [-0.05, 0) is 30.5 Å². The van der Waals surface area contributed by atoms with Gasteiger partial charge in [0, 0.05) is 17.5 Å². The summed E-state index contributed by atoms with van der Waals surface area (Å²) in [6.07, 6.45) is 3.65. The Hall–Kier alpha value is -2.90. The van der Waals surface area contributed by atoms with E-state index in [1.165, 1.54) is 0 Å². The molecule has 0 bridgehead atoms. The molecule has 1 aliphatic carbocycles. The third-order valence-corrected chi connectivity index (χ3v) is 6.79. The summed E-state index contributed by atoms with van der Waals surface area (Å²) in [4.78, 5) is 15.7. The largest absolute Gasteiger partial charge is 1.00 e. The van der Waals surface area contributed by atoms with Crippen LogP contribution in [0, 0.1) is 0 Å². The van der Waals surface area contributed by atoms with E-state index in [0.29, 0.717) is 30.2 Å². The fourth-order valence-electron chi connectivity index (χ4n) is 5.09. The number of aliphatic hydroxyl groups is 1. The number of ether oxygens (including phenoxy) is 1. The molecule has 4 aromatic rings. The van der Waals surface area contributed by atoms with E-state index in [9.17, 15) is 15.0 Å². The minimum atomic E-state index is -1.28. The van der Waals surface area contributed by atoms with Gasteiger partial charge < -0.3 is 24.2 Å². The Balaban J connectivity index is 0.00000320. The molecule has 2 atom stereocenters. The van der Waals surface area contributed by atoms with E-state index < -0.39 is 18.2 Å². The fourth-order valence-corrected chi connectivity index (χ4v) is 5.09. The third kappa shape index (κ3) is 6.33. The maximum absolute atomic E-state index is 11.9. The monoisotopic (exact) mass is 505 g/mol. The molecule has 1 fully saturated rings. The molecule has 1 N–H and O–H groups in total. The zero-order chi connectivity index (χ0) is 25.0. The second kappa shape index (κ2) is 12.1. The number of carbonyl (C=O) groups excluding carboxylic acids is 1. The van der Waals surface area contributed by atoms with Crippen LogP contribution in [-0.2, 0) is 11.2 Å². The molecule has 3 aromatic carbocycles. The van der Waals surface area contributed by atoms with Crippen molar-refractivity contribution in [1.29, 1.82) is 0 Å². The number of carbonyl (C=O) groups is 1. The minimum Gasteiger partial charge on any atom is -0.546 e. The molecular weight excluding hydrogens is 477 g/mol. The van der Waals surface area contributed by atoms with Gasteiger partial charge in [0.05, 0.1) is 17.5 Å². The Bertz CT molecular complexity index is 1270. The molecule has 1 saturated carbocycles. The van der Waals surface area contributed by atoms with Crippen molar-refractivity contribution in [2.24, 2.45) is 0 Å². The normalized spacial score (nSPS) is 19.1. The Kier molecular flexibility index (Phi) is 8.87. The molecule has 37 heavy (non-hydrogen) atoms. The van der Waals surface area contributed by atoms with Crippen molar-refractivity contribution in [3.63, 3.8) is 0 Å². The van der Waals surface area contributed by atoms with E-state index in [4.69, 9.17) is 14.1 Å². The van der Waals surface area contributed by atoms with E-state index in [2.05, 4.69) is 0 Å². The van der Waals surface area contributed by atoms with Crippen molar-refractivity contribution >= 4 is 5.97 Å². The van der Waals surface area contributed by atoms with Crippen LogP contribution in [0.3, 0.4) is 0 Å². The van der Waals surface area contributed by atoms with E-state index in [0.717, 1.165) is 41.6 Å². The molecule has 0 aliphatic heterocycles. The summed E-state index contributed by atoms with van der Waals surface area (Å²) in [6.45, 7) is -0.517. The van der Waals surface area contributed by atoms with E-state index in [1.807, 2.05) is 66.7 Å². The molecular formula is C30H28NNaO5. The maximum atomic E-state index is 11.9. The molecule has 0 saturated heterocycles. The van der Waals surface area contributed by atoms with Gasteiger partial charge in [0.2, 0.25) is 5.89 Å². The van der Waals surface area contributed by atoms with Crippen molar-refractivity contribution in [3.05, 3.63) is 96.4 Å². The molecule has 0 amide bonds. The second-order valence-corrected chi connectivity index (χ2v) is 9.35. The molecule has 1 aromatic heterocycles. The van der Waals surface area contributed by atoms with E-state index in [-0.39, 0.29) is 35.5 Å². The molecule has 184 valence electrons. The average molecular weight is 506 g/mol. The zero-order valence-electron chi connectivity index (χ0n) is 20.9. The predicted molar refractivity (Wildman–Crippen MR) is 134 cm³/mol. The minimum absolute atomic E-state index is 0. The van der Waals surface area contributed by atoms with Crippen LogP contribution < -0.4 is 39.4 Å². The first-order chi connectivity index (χ1) is 17.5. The van der Waals surface area contributed by atoms with Gasteiger partial charge in [0.25, 0.3) is 0 Å². The summed E-state index contributed by atoms with van der Waals surface area (Å²) in [6, 6.07) is 27.0. The summed E-state index contributed by atoms with van der Waals surface area (Å²) in [5.41, 5.74) is 2.47. The first-order valence-corrected chi connectivity index (χ1v) is 12.3. The van der Waals surface area contributed by atoms with E-state index in [1.54, 1.807) is 18.2 Å². The second-order valence-electron chi connectivity index (χ2n) is 9.35. The number of benzene rings is 3. The number of carboxylic acids is 1. The standard InChI is InChI=1S/C30H29NO5.Na/c32-26(33)20-35-24-15-9-10-21(18-24)19-30(34)17-8-7-16-25(30)29-31-27(22-11-3-1-4-12-22)28(36-29)23-13-5-2-6-14-23;/h1-6,9-15,18,25,34H,7-8,16-17,19-20H2,(H,32,33);/q;+1/p-1/t25-,30-;/m1./s1. The SMILES string of the molecule is O=C([O-])COc1cccc(C[C@]2(O)CCCC[C@@H]2c2nc(-c3ccccc3)c(-c3ccccc3)o2)c1.[Na+]. The van der Waals surface area contributed by atoms with Crippen LogP contribution in [0.25, 0.3) is 22.6 Å². The number of rotatable bonds is 8. The van der Waals surface area contributed by atoms with Gasteiger partial charge in [-0.15, -0.1) is 0 Å². The first-order valence-electron chi connectivity index (χ1n) is 12.3. The van der Waals surface area contributed by atoms with Crippen LogP contribution in [-0.4, -0.2) is 28.3 Å². The van der Waals surface area contributed by atoms with Crippen molar-refractivity contribution in [3.8, 4) is 28.3 Å².